The molecule has 1 aliphatic carbocycles. The Balaban J connectivity index is 1.75. The topological polar surface area (TPSA) is 58.4 Å². The van der Waals surface area contributed by atoms with Crippen LogP contribution < -0.4 is 11.1 Å². The van der Waals surface area contributed by atoms with E-state index in [9.17, 15) is 4.79 Å². The largest absolute Gasteiger partial charge is 0.399 e. The Morgan fingerprint density at radius 1 is 1.53 bits per heavy atom. The average Bonchev–Trinajstić information content (AvgIpc) is 3.19. The molecule has 1 fully saturated rings. The van der Waals surface area contributed by atoms with Gasteiger partial charge < -0.3 is 11.1 Å². The van der Waals surface area contributed by atoms with Crippen LogP contribution in [0.15, 0.2) is 24.3 Å². The zero-order chi connectivity index (χ0) is 13.8. The summed E-state index contributed by atoms with van der Waals surface area (Å²) in [5.41, 5.74) is 7.36. The zero-order valence-corrected chi connectivity index (χ0v) is 11.7. The van der Waals surface area contributed by atoms with Crippen LogP contribution in [0.25, 0.3) is 0 Å². The van der Waals surface area contributed by atoms with E-state index in [0.29, 0.717) is 24.7 Å². The maximum atomic E-state index is 11.9. The van der Waals surface area contributed by atoms with E-state index < -0.39 is 0 Å². The second-order valence-electron chi connectivity index (χ2n) is 5.47. The Morgan fingerprint density at radius 3 is 2.89 bits per heavy atom. The monoisotopic (exact) mass is 261 g/mol. The van der Waals surface area contributed by atoms with Gasteiger partial charge in [-0.15, -0.1) is 0 Å². The van der Waals surface area contributed by atoms with E-state index in [1.807, 2.05) is 24.3 Å². The highest BCUT2D eigenvalue weighted by molar-refractivity contribution is 5.78. The molecule has 4 heteroatoms. The summed E-state index contributed by atoms with van der Waals surface area (Å²) in [4.78, 5) is 14.2. The molecule has 0 aromatic heterocycles. The van der Waals surface area contributed by atoms with Crippen molar-refractivity contribution in [3.8, 4) is 0 Å². The first-order valence-electron chi connectivity index (χ1n) is 6.89. The van der Waals surface area contributed by atoms with Gasteiger partial charge in [-0.05, 0) is 44.5 Å². The highest BCUT2D eigenvalue weighted by Gasteiger charge is 2.29. The molecule has 0 aliphatic heterocycles. The maximum absolute atomic E-state index is 11.9. The summed E-state index contributed by atoms with van der Waals surface area (Å²) < 4.78 is 0. The van der Waals surface area contributed by atoms with Crippen LogP contribution >= 0.6 is 0 Å². The molecule has 1 atom stereocenters. The predicted molar refractivity (Wildman–Crippen MR) is 77.8 cm³/mol. The van der Waals surface area contributed by atoms with Gasteiger partial charge >= 0.3 is 0 Å². The van der Waals surface area contributed by atoms with Crippen LogP contribution in [0.5, 0.6) is 0 Å². The summed E-state index contributed by atoms with van der Waals surface area (Å²) in [6, 6.07) is 8.59. The number of nitrogen functional groups attached to an aromatic ring is 1. The van der Waals surface area contributed by atoms with Gasteiger partial charge in [-0.25, -0.2) is 0 Å². The molecule has 104 valence electrons. The lowest BCUT2D eigenvalue weighted by molar-refractivity contribution is -0.120. The molecule has 3 N–H and O–H groups in total. The van der Waals surface area contributed by atoms with Crippen molar-refractivity contribution >= 4 is 11.6 Å². The van der Waals surface area contributed by atoms with E-state index in [-0.39, 0.29) is 5.91 Å². The first-order chi connectivity index (χ1) is 9.06. The van der Waals surface area contributed by atoms with Gasteiger partial charge in [0.05, 0.1) is 6.42 Å². The van der Waals surface area contributed by atoms with E-state index in [0.717, 1.165) is 11.6 Å². The summed E-state index contributed by atoms with van der Waals surface area (Å²) >= 11 is 0. The third-order valence-electron chi connectivity index (χ3n) is 3.73. The normalized spacial score (nSPS) is 16.4. The third kappa shape index (κ3) is 4.24. The van der Waals surface area contributed by atoms with Crippen LogP contribution in [0, 0.1) is 0 Å². The fourth-order valence-corrected chi connectivity index (χ4v) is 2.20. The number of carbonyl (C=O) groups is 1. The molecule has 2 rings (SSSR count). The van der Waals surface area contributed by atoms with Crippen molar-refractivity contribution in [3.63, 3.8) is 0 Å². The molecule has 1 unspecified atom stereocenters. The predicted octanol–water partition coefficient (Wildman–Crippen LogP) is 1.41. The Morgan fingerprint density at radius 2 is 2.26 bits per heavy atom. The van der Waals surface area contributed by atoms with Gasteiger partial charge in [-0.3, -0.25) is 9.69 Å². The van der Waals surface area contributed by atoms with E-state index >= 15 is 0 Å². The van der Waals surface area contributed by atoms with Crippen molar-refractivity contribution in [2.45, 2.75) is 38.3 Å². The zero-order valence-electron chi connectivity index (χ0n) is 11.7. The Kier molecular flexibility index (Phi) is 4.43. The van der Waals surface area contributed by atoms with Gasteiger partial charge in [0.15, 0.2) is 0 Å². The minimum absolute atomic E-state index is 0.0571. The van der Waals surface area contributed by atoms with Crippen LogP contribution in [0.2, 0.25) is 0 Å². The van der Waals surface area contributed by atoms with Gasteiger partial charge in [0, 0.05) is 24.3 Å². The van der Waals surface area contributed by atoms with Crippen molar-refractivity contribution in [3.05, 3.63) is 29.8 Å². The molecule has 0 bridgehead atoms. The Labute approximate surface area is 115 Å². The number of likely N-dealkylation sites (N-methyl/N-ethyl adjacent to an activating group) is 1. The molecule has 0 spiro atoms. The molecule has 0 radical (unpaired) electrons. The number of nitrogens with one attached hydrogen (secondary N) is 1. The van der Waals surface area contributed by atoms with Crippen LogP contribution in [0.4, 0.5) is 5.69 Å². The van der Waals surface area contributed by atoms with Crippen LogP contribution in [-0.4, -0.2) is 36.5 Å². The smallest absolute Gasteiger partial charge is 0.224 e. The summed E-state index contributed by atoms with van der Waals surface area (Å²) in [5.74, 6) is 0.0571. The van der Waals surface area contributed by atoms with Gasteiger partial charge in [0.2, 0.25) is 5.91 Å². The molecule has 1 aliphatic rings. The fraction of sp³-hybridized carbons (Fsp3) is 0.533. The molecule has 19 heavy (non-hydrogen) atoms. The standard InChI is InChI=1S/C15H23N3O/c1-11(18(2)14-6-7-14)10-17-15(19)9-12-4-3-5-13(16)8-12/h3-5,8,11,14H,6-7,9-10,16H2,1-2H3,(H,17,19). The van der Waals surface area contributed by atoms with Crippen LogP contribution in [-0.2, 0) is 11.2 Å². The van der Waals surface area contributed by atoms with Crippen molar-refractivity contribution in [1.29, 1.82) is 0 Å². The van der Waals surface area contributed by atoms with Gasteiger partial charge in [-0.2, -0.15) is 0 Å². The first-order valence-corrected chi connectivity index (χ1v) is 6.89. The summed E-state index contributed by atoms with van der Waals surface area (Å²) in [6.07, 6.45) is 2.97. The number of carbonyl (C=O) groups excluding carboxylic acids is 1. The van der Waals surface area contributed by atoms with E-state index in [1.165, 1.54) is 12.8 Å². The summed E-state index contributed by atoms with van der Waals surface area (Å²) in [6.45, 7) is 2.85. The lowest BCUT2D eigenvalue weighted by Crippen LogP contribution is -2.41. The van der Waals surface area contributed by atoms with Gasteiger partial charge in [-0.1, -0.05) is 12.1 Å². The Hall–Kier alpha value is -1.55. The molecular weight excluding hydrogens is 238 g/mol. The highest BCUT2D eigenvalue weighted by atomic mass is 16.1. The van der Waals surface area contributed by atoms with E-state index in [2.05, 4.69) is 24.2 Å². The maximum Gasteiger partial charge on any atom is 0.224 e. The highest BCUT2D eigenvalue weighted by Crippen LogP contribution is 2.26. The van der Waals surface area contributed by atoms with Crippen molar-refractivity contribution in [2.75, 3.05) is 19.3 Å². The van der Waals surface area contributed by atoms with Gasteiger partial charge in [0.25, 0.3) is 0 Å². The SMILES string of the molecule is CC(CNC(=O)Cc1cccc(N)c1)N(C)C1CC1. The molecule has 1 saturated carbocycles. The lowest BCUT2D eigenvalue weighted by atomic mass is 10.1. The second-order valence-corrected chi connectivity index (χ2v) is 5.47. The van der Waals surface area contributed by atoms with Crippen molar-refractivity contribution in [2.24, 2.45) is 0 Å². The second kappa shape index (κ2) is 6.06. The number of nitrogens with zero attached hydrogens (tertiary/aromatic N) is 1. The molecule has 1 amide bonds. The molecule has 4 nitrogen and oxygen atoms in total. The quantitative estimate of drug-likeness (QED) is 0.761. The van der Waals surface area contributed by atoms with E-state index in [1.54, 1.807) is 0 Å². The number of hydrogen-bond donors (Lipinski definition) is 2. The van der Waals surface area contributed by atoms with Crippen LogP contribution in [0.1, 0.15) is 25.3 Å². The number of hydrogen-bond acceptors (Lipinski definition) is 3. The fourth-order valence-electron chi connectivity index (χ4n) is 2.20. The van der Waals surface area contributed by atoms with E-state index in [4.69, 9.17) is 5.73 Å². The number of nitrogens with two attached hydrogens (primary N) is 1. The van der Waals surface area contributed by atoms with Crippen LogP contribution in [0.3, 0.4) is 0 Å². The summed E-state index contributed by atoms with van der Waals surface area (Å²) in [7, 11) is 2.13. The number of amides is 1. The average molecular weight is 261 g/mol. The minimum atomic E-state index is 0.0571. The van der Waals surface area contributed by atoms with Crippen molar-refractivity contribution in [1.82, 2.24) is 10.2 Å². The van der Waals surface area contributed by atoms with Crippen molar-refractivity contribution < 1.29 is 4.79 Å². The Bertz CT molecular complexity index is 443. The number of benzene rings is 1. The molecule has 1 aromatic carbocycles. The third-order valence-corrected chi connectivity index (χ3v) is 3.73. The number of anilines is 1. The summed E-state index contributed by atoms with van der Waals surface area (Å²) in [5, 5.41) is 2.99. The molecule has 0 heterocycles. The minimum Gasteiger partial charge on any atom is -0.399 e. The lowest BCUT2D eigenvalue weighted by Gasteiger charge is -2.24. The van der Waals surface area contributed by atoms with Gasteiger partial charge in [0.1, 0.15) is 0 Å². The molecular formula is C15H23N3O. The first kappa shape index (κ1) is 13.9. The number of rotatable bonds is 6. The molecule has 1 aromatic rings. The molecule has 0 saturated heterocycles.